The fourth-order valence-corrected chi connectivity index (χ4v) is 4.49. The minimum absolute atomic E-state index is 0.217. The summed E-state index contributed by atoms with van der Waals surface area (Å²) in [5.74, 6) is -0.669. The van der Waals surface area contributed by atoms with Gasteiger partial charge in [0.15, 0.2) is 0 Å². The van der Waals surface area contributed by atoms with Crippen molar-refractivity contribution < 1.29 is 23.5 Å². The van der Waals surface area contributed by atoms with Crippen molar-refractivity contribution in [3.05, 3.63) is 59.2 Å². The Balaban J connectivity index is 1.57. The smallest absolute Gasteiger partial charge is 0.266 e. The van der Waals surface area contributed by atoms with Crippen LogP contribution in [0.15, 0.2) is 42.5 Å². The Bertz CT molecular complexity index is 1110. The molecule has 2 aromatic rings. The fraction of sp³-hybridized carbons (Fsp3) is 0.423. The first kappa shape index (κ1) is 26.9. The van der Waals surface area contributed by atoms with Crippen LogP contribution >= 0.6 is 10.8 Å². The van der Waals surface area contributed by atoms with Crippen LogP contribution in [0, 0.1) is 0 Å². The molecule has 0 fully saturated rings. The highest BCUT2D eigenvalue weighted by molar-refractivity contribution is 8.23. The molecule has 1 aliphatic heterocycles. The molecule has 0 aliphatic carbocycles. The molecule has 0 radical (unpaired) electrons. The summed E-state index contributed by atoms with van der Waals surface area (Å²) in [6.45, 7) is 9.78. The van der Waals surface area contributed by atoms with Crippen LogP contribution in [0.3, 0.4) is 0 Å². The molecule has 1 heterocycles. The number of hydrogen-bond donors (Lipinski definition) is 4. The summed E-state index contributed by atoms with van der Waals surface area (Å²) in [4.78, 5) is 39.4. The van der Waals surface area contributed by atoms with Gasteiger partial charge in [0.05, 0.1) is 21.6 Å². The van der Waals surface area contributed by atoms with E-state index in [4.69, 9.17) is 0 Å². The number of nitrogens with zero attached hydrogens (tertiary/aromatic N) is 1. The highest BCUT2D eigenvalue weighted by Gasteiger charge is 2.37. The maximum atomic E-state index is 13.0. The number of benzene rings is 2. The van der Waals surface area contributed by atoms with E-state index in [9.17, 15) is 23.5 Å². The van der Waals surface area contributed by atoms with Crippen LogP contribution in [0.2, 0.25) is 0 Å². The number of fused-ring (bicyclic) bond motifs is 1. The van der Waals surface area contributed by atoms with Gasteiger partial charge >= 0.3 is 0 Å². The monoisotopic (exact) mass is 501 g/mol. The van der Waals surface area contributed by atoms with Crippen molar-refractivity contribution in [1.82, 2.24) is 4.72 Å². The Morgan fingerprint density at radius 1 is 0.971 bits per heavy atom. The van der Waals surface area contributed by atoms with E-state index in [0.717, 1.165) is 10.5 Å². The minimum Gasteiger partial charge on any atom is -0.326 e. The number of hydrogen-bond acceptors (Lipinski definition) is 6. The molecule has 0 saturated heterocycles. The second kappa shape index (κ2) is 10.5. The van der Waals surface area contributed by atoms with Crippen LogP contribution in [0.25, 0.3) is 0 Å². The second-order valence-electron chi connectivity index (χ2n) is 10.0. The Morgan fingerprint density at radius 2 is 1.60 bits per heavy atom. The average molecular weight is 502 g/mol. The number of anilines is 2. The summed E-state index contributed by atoms with van der Waals surface area (Å²) in [6, 6.07) is 12.1. The number of unbranched alkanes of at least 4 members (excludes halogenated alkanes) is 1. The van der Waals surface area contributed by atoms with E-state index in [-0.39, 0.29) is 23.8 Å². The number of carbonyl (C=O) groups is 3. The number of nitrogens with one attached hydrogen (secondary N) is 2. The van der Waals surface area contributed by atoms with Crippen molar-refractivity contribution in [2.24, 2.45) is 0 Å². The van der Waals surface area contributed by atoms with Gasteiger partial charge < -0.3 is 5.32 Å². The molecule has 2 aromatic carbocycles. The molecule has 0 atom stereocenters. The topological polar surface area (TPSA) is 119 Å². The summed E-state index contributed by atoms with van der Waals surface area (Å²) in [6.07, 6.45) is 1.40. The molecular weight excluding hydrogens is 466 g/mol. The van der Waals surface area contributed by atoms with Crippen LogP contribution in [0.1, 0.15) is 86.1 Å². The normalized spacial score (nSPS) is 14.5. The molecule has 4 N–H and O–H groups in total. The molecular formula is C26H35N3O5S. The van der Waals surface area contributed by atoms with E-state index in [0.29, 0.717) is 42.2 Å². The average Bonchev–Trinajstić information content (AvgIpc) is 3.02. The van der Waals surface area contributed by atoms with Crippen molar-refractivity contribution in [2.75, 3.05) is 16.8 Å². The number of imide groups is 1. The van der Waals surface area contributed by atoms with Gasteiger partial charge in [-0.2, -0.15) is 0 Å². The summed E-state index contributed by atoms with van der Waals surface area (Å²) >= 11 is 0. The molecule has 0 aromatic heterocycles. The zero-order valence-corrected chi connectivity index (χ0v) is 21.7. The van der Waals surface area contributed by atoms with Crippen LogP contribution in [-0.4, -0.2) is 38.1 Å². The lowest BCUT2D eigenvalue weighted by atomic mass is 10.0. The van der Waals surface area contributed by atoms with Crippen molar-refractivity contribution in [3.63, 3.8) is 0 Å². The molecule has 3 amide bonds. The van der Waals surface area contributed by atoms with E-state index in [1.165, 1.54) is 6.07 Å². The molecule has 0 spiro atoms. The summed E-state index contributed by atoms with van der Waals surface area (Å²) < 4.78 is 22.3. The largest absolute Gasteiger partial charge is 0.326 e. The molecule has 0 unspecified atom stereocenters. The quantitative estimate of drug-likeness (QED) is 0.256. The van der Waals surface area contributed by atoms with Crippen LogP contribution in [-0.2, 0) is 4.79 Å². The van der Waals surface area contributed by atoms with Gasteiger partial charge in [-0.3, -0.25) is 23.5 Å². The predicted molar refractivity (Wildman–Crippen MR) is 141 cm³/mol. The van der Waals surface area contributed by atoms with Gasteiger partial charge in [0.1, 0.15) is 0 Å². The first-order valence-electron chi connectivity index (χ1n) is 11.8. The summed E-state index contributed by atoms with van der Waals surface area (Å²) in [7, 11) is -2.91. The fourth-order valence-electron chi connectivity index (χ4n) is 3.63. The van der Waals surface area contributed by atoms with Crippen LogP contribution < -0.4 is 14.9 Å². The van der Waals surface area contributed by atoms with E-state index in [1.54, 1.807) is 45.0 Å². The zero-order valence-electron chi connectivity index (χ0n) is 20.9. The van der Waals surface area contributed by atoms with Gasteiger partial charge in [0, 0.05) is 18.7 Å². The van der Waals surface area contributed by atoms with Gasteiger partial charge in [-0.25, -0.2) is 9.62 Å². The molecule has 35 heavy (non-hydrogen) atoms. The zero-order chi connectivity index (χ0) is 26.0. The molecule has 8 nitrogen and oxygen atoms in total. The standard InChI is InChI=1S/C26H35N3O5S/c1-17(2)18-9-12-20(13-10-18)29-24(31)21-14-11-19(16-22(21)25(29)32)28-23(30)8-6-7-15-27-35(33,34)26(3,4)5/h9-14,16-17,27,33-34H,6-8,15H2,1-5H3,(H,28,30). The van der Waals surface area contributed by atoms with E-state index < -0.39 is 21.4 Å². The van der Waals surface area contributed by atoms with Crippen molar-refractivity contribution in [3.8, 4) is 0 Å². The minimum atomic E-state index is -2.91. The third kappa shape index (κ3) is 6.10. The Kier molecular flexibility index (Phi) is 8.06. The first-order chi connectivity index (χ1) is 16.3. The number of amides is 3. The third-order valence-corrected chi connectivity index (χ3v) is 8.29. The predicted octanol–water partition coefficient (Wildman–Crippen LogP) is 5.77. The molecule has 0 saturated carbocycles. The molecule has 9 heteroatoms. The Hall–Kier alpha value is -2.72. The van der Waals surface area contributed by atoms with Gasteiger partial charge in [0.2, 0.25) is 5.91 Å². The van der Waals surface area contributed by atoms with Crippen molar-refractivity contribution in [1.29, 1.82) is 0 Å². The van der Waals surface area contributed by atoms with Gasteiger partial charge in [-0.1, -0.05) is 26.0 Å². The SMILES string of the molecule is CC(C)c1ccc(N2C(=O)c3ccc(NC(=O)CCCCNS(O)(O)C(C)(C)C)cc3C2=O)cc1. The molecule has 1 aliphatic rings. The lowest BCUT2D eigenvalue weighted by molar-refractivity contribution is -0.116. The maximum absolute atomic E-state index is 13.0. The lowest BCUT2D eigenvalue weighted by Crippen LogP contribution is -2.35. The highest BCUT2D eigenvalue weighted by Crippen LogP contribution is 2.47. The van der Waals surface area contributed by atoms with Gasteiger partial charge in [-0.05, 0) is 75.4 Å². The van der Waals surface area contributed by atoms with E-state index >= 15 is 0 Å². The first-order valence-corrected chi connectivity index (χ1v) is 13.3. The Labute approximate surface area is 208 Å². The summed E-state index contributed by atoms with van der Waals surface area (Å²) in [5, 5.41) is 2.78. The van der Waals surface area contributed by atoms with Gasteiger partial charge in [0.25, 0.3) is 11.8 Å². The molecule has 0 bridgehead atoms. The Morgan fingerprint density at radius 3 is 2.20 bits per heavy atom. The van der Waals surface area contributed by atoms with Crippen molar-refractivity contribution in [2.45, 2.75) is 64.5 Å². The summed E-state index contributed by atoms with van der Waals surface area (Å²) in [5.41, 5.74) is 2.66. The van der Waals surface area contributed by atoms with Crippen LogP contribution in [0.5, 0.6) is 0 Å². The second-order valence-corrected chi connectivity index (χ2v) is 12.6. The number of rotatable bonds is 9. The maximum Gasteiger partial charge on any atom is 0.266 e. The van der Waals surface area contributed by atoms with Crippen LogP contribution in [0.4, 0.5) is 11.4 Å². The van der Waals surface area contributed by atoms with Gasteiger partial charge in [-0.15, -0.1) is 10.8 Å². The van der Waals surface area contributed by atoms with E-state index in [1.807, 2.05) is 12.1 Å². The lowest BCUT2D eigenvalue weighted by Gasteiger charge is -2.44. The molecule has 3 rings (SSSR count). The van der Waals surface area contributed by atoms with E-state index in [2.05, 4.69) is 23.9 Å². The number of carbonyl (C=O) groups excluding carboxylic acids is 3. The molecule has 190 valence electrons. The van der Waals surface area contributed by atoms with Crippen molar-refractivity contribution >= 4 is 39.9 Å². The third-order valence-electron chi connectivity index (χ3n) is 5.98. The highest BCUT2D eigenvalue weighted by atomic mass is 32.3.